The van der Waals surface area contributed by atoms with Gasteiger partial charge in [-0.15, -0.1) is 0 Å². The first-order valence-electron chi connectivity index (χ1n) is 9.21. The number of hydrogen-bond donors (Lipinski definition) is 1. The summed E-state index contributed by atoms with van der Waals surface area (Å²) in [5.74, 6) is 0.653. The third kappa shape index (κ3) is 3.64. The van der Waals surface area contributed by atoms with Gasteiger partial charge in [0.1, 0.15) is 17.5 Å². The second-order valence-electron chi connectivity index (χ2n) is 6.79. The van der Waals surface area contributed by atoms with Gasteiger partial charge in [-0.25, -0.2) is 0 Å². The van der Waals surface area contributed by atoms with E-state index in [0.717, 1.165) is 22.4 Å². The Hall–Kier alpha value is -3.47. The predicted octanol–water partition coefficient (Wildman–Crippen LogP) is 3.68. The highest BCUT2D eigenvalue weighted by molar-refractivity contribution is 6.00. The molecule has 0 bridgehead atoms. The van der Waals surface area contributed by atoms with Crippen molar-refractivity contribution in [1.82, 2.24) is 10.3 Å². The van der Waals surface area contributed by atoms with Crippen molar-refractivity contribution < 1.29 is 14.3 Å². The normalized spacial score (nSPS) is 14.8. The summed E-state index contributed by atoms with van der Waals surface area (Å²) >= 11 is 0. The topological polar surface area (TPSA) is 68.3 Å². The zero-order valence-electron chi connectivity index (χ0n) is 15.5. The molecule has 1 aliphatic heterocycles. The van der Waals surface area contributed by atoms with Crippen molar-refractivity contribution in [2.24, 2.45) is 0 Å². The summed E-state index contributed by atoms with van der Waals surface area (Å²) in [5.41, 5.74) is 4.09. The highest BCUT2D eigenvalue weighted by Crippen LogP contribution is 2.34. The van der Waals surface area contributed by atoms with Gasteiger partial charge in [0.25, 0.3) is 5.91 Å². The molecule has 1 aliphatic rings. The molecule has 1 aromatic heterocycles. The van der Waals surface area contributed by atoms with Gasteiger partial charge < -0.3 is 10.1 Å². The minimum atomic E-state index is -0.212. The molecule has 3 aromatic rings. The number of Topliss-reactive ketones (excluding diaryl/α,β-unsaturated/α-hetero) is 1. The van der Waals surface area contributed by atoms with Gasteiger partial charge in [0, 0.05) is 18.2 Å². The molecule has 2 aromatic carbocycles. The van der Waals surface area contributed by atoms with Crippen molar-refractivity contribution in [2.45, 2.75) is 19.4 Å². The molecule has 0 radical (unpaired) electrons. The van der Waals surface area contributed by atoms with Crippen molar-refractivity contribution in [1.29, 1.82) is 0 Å². The average Bonchev–Trinajstić information content (AvgIpc) is 3.14. The molecule has 0 aliphatic carbocycles. The van der Waals surface area contributed by atoms with Crippen LogP contribution in [0.4, 0.5) is 0 Å². The molecule has 28 heavy (non-hydrogen) atoms. The van der Waals surface area contributed by atoms with Gasteiger partial charge >= 0.3 is 0 Å². The Balaban J connectivity index is 1.46. The maximum absolute atomic E-state index is 12.2. The van der Waals surface area contributed by atoms with E-state index in [-0.39, 0.29) is 17.8 Å². The minimum absolute atomic E-state index is 0.0439. The smallest absolute Gasteiger partial charge is 0.270 e. The van der Waals surface area contributed by atoms with E-state index in [1.807, 2.05) is 36.4 Å². The quantitative estimate of drug-likeness (QED) is 0.694. The average molecular weight is 372 g/mol. The van der Waals surface area contributed by atoms with Crippen molar-refractivity contribution in [2.75, 3.05) is 6.54 Å². The summed E-state index contributed by atoms with van der Waals surface area (Å²) in [6.45, 7) is 1.99. The summed E-state index contributed by atoms with van der Waals surface area (Å²) in [4.78, 5) is 28.1. The van der Waals surface area contributed by atoms with Crippen molar-refractivity contribution in [3.8, 4) is 16.9 Å². The first kappa shape index (κ1) is 17.9. The fraction of sp³-hybridized carbons (Fsp3) is 0.174. The molecule has 0 fully saturated rings. The van der Waals surface area contributed by atoms with Crippen LogP contribution in [-0.2, 0) is 6.42 Å². The fourth-order valence-corrected chi connectivity index (χ4v) is 3.44. The van der Waals surface area contributed by atoms with Crippen molar-refractivity contribution in [3.05, 3.63) is 83.7 Å². The van der Waals surface area contributed by atoms with E-state index < -0.39 is 0 Å². The Bertz CT molecular complexity index is 1030. The zero-order chi connectivity index (χ0) is 19.5. The SMILES string of the molecule is CC(=O)c1ccccc1-c1ccc2c(c1)CC(CNC(=O)c1ccccn1)O2. The summed E-state index contributed by atoms with van der Waals surface area (Å²) in [6, 6.07) is 18.8. The summed E-state index contributed by atoms with van der Waals surface area (Å²) in [5, 5.41) is 2.87. The number of fused-ring (bicyclic) bond motifs is 1. The Morgan fingerprint density at radius 3 is 2.71 bits per heavy atom. The van der Waals surface area contributed by atoms with E-state index in [9.17, 15) is 9.59 Å². The lowest BCUT2D eigenvalue weighted by atomic mass is 9.95. The Kier molecular flexibility index (Phi) is 4.89. The van der Waals surface area contributed by atoms with Crippen molar-refractivity contribution in [3.63, 3.8) is 0 Å². The summed E-state index contributed by atoms with van der Waals surface area (Å²) in [6.07, 6.45) is 2.17. The van der Waals surface area contributed by atoms with E-state index in [2.05, 4.69) is 16.4 Å². The number of hydrogen-bond acceptors (Lipinski definition) is 4. The number of carbonyl (C=O) groups is 2. The summed E-state index contributed by atoms with van der Waals surface area (Å²) < 4.78 is 5.96. The molecule has 1 N–H and O–H groups in total. The van der Waals surface area contributed by atoms with Gasteiger partial charge in [-0.3, -0.25) is 14.6 Å². The molecule has 2 heterocycles. The van der Waals surface area contributed by atoms with Crippen LogP contribution >= 0.6 is 0 Å². The lowest BCUT2D eigenvalue weighted by molar-refractivity contribution is 0.0928. The first-order valence-corrected chi connectivity index (χ1v) is 9.21. The lowest BCUT2D eigenvalue weighted by Crippen LogP contribution is -2.34. The van der Waals surface area contributed by atoms with Crippen LogP contribution in [0.5, 0.6) is 5.75 Å². The number of nitrogens with one attached hydrogen (secondary N) is 1. The number of nitrogens with zero attached hydrogens (tertiary/aromatic N) is 1. The van der Waals surface area contributed by atoms with Crippen molar-refractivity contribution >= 4 is 11.7 Å². The van der Waals surface area contributed by atoms with Crippen LogP contribution in [0.2, 0.25) is 0 Å². The van der Waals surface area contributed by atoms with Gasteiger partial charge in [-0.1, -0.05) is 36.4 Å². The number of ether oxygens (including phenoxy) is 1. The number of amides is 1. The monoisotopic (exact) mass is 372 g/mol. The standard InChI is InChI=1S/C23H20N2O3/c1-15(26)19-6-2-3-7-20(19)16-9-10-22-17(12-16)13-18(28-22)14-25-23(27)21-8-4-5-11-24-21/h2-12,18H,13-14H2,1H3,(H,25,27). The molecular formula is C23H20N2O3. The van der Waals surface area contributed by atoms with Gasteiger partial charge in [0.05, 0.1) is 6.54 Å². The van der Waals surface area contributed by atoms with E-state index in [4.69, 9.17) is 4.74 Å². The molecule has 1 unspecified atom stereocenters. The molecule has 5 heteroatoms. The van der Waals surface area contributed by atoms with Crippen LogP contribution in [0, 0.1) is 0 Å². The second kappa shape index (κ2) is 7.64. The molecule has 5 nitrogen and oxygen atoms in total. The number of ketones is 1. The largest absolute Gasteiger partial charge is 0.488 e. The molecule has 140 valence electrons. The van der Waals surface area contributed by atoms with E-state index in [1.165, 1.54) is 0 Å². The molecule has 0 saturated carbocycles. The highest BCUT2D eigenvalue weighted by Gasteiger charge is 2.24. The maximum Gasteiger partial charge on any atom is 0.270 e. The third-order valence-corrected chi connectivity index (χ3v) is 4.81. The van der Waals surface area contributed by atoms with E-state index in [1.54, 1.807) is 31.3 Å². The Labute approximate surface area is 163 Å². The van der Waals surface area contributed by atoms with Crippen LogP contribution in [0.15, 0.2) is 66.9 Å². The Morgan fingerprint density at radius 1 is 1.11 bits per heavy atom. The van der Waals surface area contributed by atoms with E-state index >= 15 is 0 Å². The van der Waals surface area contributed by atoms with Gasteiger partial charge in [0.2, 0.25) is 0 Å². The van der Waals surface area contributed by atoms with Crippen LogP contribution in [0.25, 0.3) is 11.1 Å². The number of rotatable bonds is 5. The maximum atomic E-state index is 12.2. The number of pyridine rings is 1. The zero-order valence-corrected chi connectivity index (χ0v) is 15.5. The highest BCUT2D eigenvalue weighted by atomic mass is 16.5. The van der Waals surface area contributed by atoms with E-state index in [0.29, 0.717) is 24.2 Å². The van der Waals surface area contributed by atoms with Gasteiger partial charge in [-0.05, 0) is 47.9 Å². The Morgan fingerprint density at radius 2 is 1.93 bits per heavy atom. The van der Waals surface area contributed by atoms with Gasteiger partial charge in [-0.2, -0.15) is 0 Å². The van der Waals surface area contributed by atoms with Crippen LogP contribution in [0.1, 0.15) is 33.3 Å². The first-order chi connectivity index (χ1) is 13.6. The van der Waals surface area contributed by atoms with Crippen LogP contribution < -0.4 is 10.1 Å². The molecule has 1 atom stereocenters. The molecule has 0 saturated heterocycles. The van der Waals surface area contributed by atoms with Crippen LogP contribution in [0.3, 0.4) is 0 Å². The number of benzene rings is 2. The fourth-order valence-electron chi connectivity index (χ4n) is 3.44. The predicted molar refractivity (Wildman–Crippen MR) is 107 cm³/mol. The lowest BCUT2D eigenvalue weighted by Gasteiger charge is -2.11. The molecule has 4 rings (SSSR count). The number of aromatic nitrogens is 1. The molecule has 0 spiro atoms. The minimum Gasteiger partial charge on any atom is -0.488 e. The van der Waals surface area contributed by atoms with Crippen LogP contribution in [-0.4, -0.2) is 29.3 Å². The second-order valence-corrected chi connectivity index (χ2v) is 6.79. The van der Waals surface area contributed by atoms with Gasteiger partial charge in [0.15, 0.2) is 5.78 Å². The molecule has 1 amide bonds. The number of carbonyl (C=O) groups excluding carboxylic acids is 2. The third-order valence-electron chi connectivity index (χ3n) is 4.81. The summed E-state index contributed by atoms with van der Waals surface area (Å²) in [7, 11) is 0. The molecular weight excluding hydrogens is 352 g/mol.